The van der Waals surface area contributed by atoms with Crippen molar-refractivity contribution in [2.75, 3.05) is 11.9 Å². The van der Waals surface area contributed by atoms with E-state index in [1.54, 1.807) is 11.8 Å². The van der Waals surface area contributed by atoms with Crippen molar-refractivity contribution in [1.82, 2.24) is 4.90 Å². The van der Waals surface area contributed by atoms with Crippen LogP contribution in [-0.2, 0) is 22.6 Å². The van der Waals surface area contributed by atoms with E-state index >= 15 is 0 Å². The van der Waals surface area contributed by atoms with Crippen LogP contribution in [-0.4, -0.2) is 23.3 Å². The first-order valence-electron chi connectivity index (χ1n) is 6.14. The standard InChI is InChI=1S/C14H15N3O2/c1-10(18)17-7-5-11-2-3-13(8-12(11)9-17)16-14(19)4-6-15/h2-3,8H,4-5,7,9H2,1H3,(H,16,19). The third-order valence-corrected chi connectivity index (χ3v) is 3.19. The summed E-state index contributed by atoms with van der Waals surface area (Å²) in [4.78, 5) is 24.5. The molecule has 98 valence electrons. The Hall–Kier alpha value is -2.35. The molecule has 0 saturated heterocycles. The highest BCUT2D eigenvalue weighted by atomic mass is 16.2. The maximum atomic E-state index is 11.4. The van der Waals surface area contributed by atoms with Gasteiger partial charge in [0, 0.05) is 25.7 Å². The summed E-state index contributed by atoms with van der Waals surface area (Å²) in [5.74, 6) is -0.258. The molecule has 0 radical (unpaired) electrons. The molecule has 1 aromatic rings. The number of nitrogens with one attached hydrogen (secondary N) is 1. The number of hydrogen-bond acceptors (Lipinski definition) is 3. The summed E-state index contributed by atoms with van der Waals surface area (Å²) < 4.78 is 0. The van der Waals surface area contributed by atoms with Gasteiger partial charge in [-0.1, -0.05) is 6.07 Å². The van der Waals surface area contributed by atoms with Crippen LogP contribution >= 0.6 is 0 Å². The Morgan fingerprint density at radius 3 is 2.89 bits per heavy atom. The Balaban J connectivity index is 2.14. The van der Waals surface area contributed by atoms with E-state index < -0.39 is 0 Å². The SMILES string of the molecule is CC(=O)N1CCc2ccc(NC(=O)CC#N)cc2C1. The largest absolute Gasteiger partial charge is 0.338 e. The third-order valence-electron chi connectivity index (χ3n) is 3.19. The molecule has 0 unspecified atom stereocenters. The van der Waals surface area contributed by atoms with E-state index in [4.69, 9.17) is 5.26 Å². The molecule has 2 amide bonds. The van der Waals surface area contributed by atoms with Crippen LogP contribution in [0.5, 0.6) is 0 Å². The molecule has 1 aliphatic rings. The molecule has 0 fully saturated rings. The van der Waals surface area contributed by atoms with Gasteiger partial charge in [0.1, 0.15) is 6.42 Å². The average Bonchev–Trinajstić information content (AvgIpc) is 2.38. The zero-order valence-corrected chi connectivity index (χ0v) is 10.8. The van der Waals surface area contributed by atoms with Crippen LogP contribution in [0.3, 0.4) is 0 Å². The summed E-state index contributed by atoms with van der Waals surface area (Å²) in [6, 6.07) is 7.48. The number of amides is 2. The topological polar surface area (TPSA) is 73.2 Å². The Labute approximate surface area is 111 Å². The van der Waals surface area contributed by atoms with Crippen LogP contribution in [0.1, 0.15) is 24.5 Å². The fourth-order valence-electron chi connectivity index (χ4n) is 2.18. The van der Waals surface area contributed by atoms with E-state index in [1.807, 2.05) is 24.3 Å². The third kappa shape index (κ3) is 3.10. The van der Waals surface area contributed by atoms with Crippen molar-refractivity contribution in [1.29, 1.82) is 5.26 Å². The fraction of sp³-hybridized carbons (Fsp3) is 0.357. The fourth-order valence-corrected chi connectivity index (χ4v) is 2.18. The van der Waals surface area contributed by atoms with Gasteiger partial charge >= 0.3 is 0 Å². The zero-order valence-electron chi connectivity index (χ0n) is 10.8. The first-order valence-corrected chi connectivity index (χ1v) is 6.14. The van der Waals surface area contributed by atoms with Gasteiger partial charge in [0.05, 0.1) is 6.07 Å². The van der Waals surface area contributed by atoms with E-state index in [-0.39, 0.29) is 18.2 Å². The van der Waals surface area contributed by atoms with Gasteiger partial charge in [0.2, 0.25) is 11.8 Å². The van der Waals surface area contributed by atoms with Crippen molar-refractivity contribution in [2.45, 2.75) is 26.3 Å². The Bertz CT molecular complexity index is 560. The van der Waals surface area contributed by atoms with Gasteiger partial charge in [-0.15, -0.1) is 0 Å². The van der Waals surface area contributed by atoms with Gasteiger partial charge in [-0.2, -0.15) is 5.26 Å². The van der Waals surface area contributed by atoms with Gasteiger partial charge < -0.3 is 10.2 Å². The summed E-state index contributed by atoms with van der Waals surface area (Å²) in [6.07, 6.45) is 0.679. The predicted octanol–water partition coefficient (Wildman–Crippen LogP) is 1.44. The van der Waals surface area contributed by atoms with Crippen LogP contribution in [0.25, 0.3) is 0 Å². The van der Waals surface area contributed by atoms with Crippen LogP contribution in [0, 0.1) is 11.3 Å². The molecule has 0 spiro atoms. The molecule has 0 bridgehead atoms. The second-order valence-corrected chi connectivity index (χ2v) is 4.56. The van der Waals surface area contributed by atoms with Crippen LogP contribution in [0.4, 0.5) is 5.69 Å². The van der Waals surface area contributed by atoms with Gasteiger partial charge in [0.25, 0.3) is 0 Å². The minimum atomic E-state index is -0.318. The lowest BCUT2D eigenvalue weighted by molar-refractivity contribution is -0.129. The molecule has 2 rings (SSSR count). The molecule has 5 heteroatoms. The number of carbonyl (C=O) groups excluding carboxylic acids is 2. The van der Waals surface area contributed by atoms with Gasteiger partial charge in [0.15, 0.2) is 0 Å². The number of benzene rings is 1. The maximum Gasteiger partial charge on any atom is 0.238 e. The van der Waals surface area contributed by atoms with E-state index in [0.717, 1.165) is 18.5 Å². The summed E-state index contributed by atoms with van der Waals surface area (Å²) in [6.45, 7) is 2.87. The van der Waals surface area contributed by atoms with Crippen molar-refractivity contribution in [3.8, 4) is 6.07 Å². The van der Waals surface area contributed by atoms with E-state index in [0.29, 0.717) is 12.2 Å². The second-order valence-electron chi connectivity index (χ2n) is 4.56. The molecule has 0 aliphatic carbocycles. The Morgan fingerprint density at radius 2 is 2.21 bits per heavy atom. The van der Waals surface area contributed by atoms with Crippen molar-refractivity contribution in [3.63, 3.8) is 0 Å². The summed E-state index contributed by atoms with van der Waals surface area (Å²) in [5.41, 5.74) is 2.93. The monoisotopic (exact) mass is 257 g/mol. The molecular weight excluding hydrogens is 242 g/mol. The number of nitriles is 1. The second kappa shape index (κ2) is 5.53. The number of hydrogen-bond donors (Lipinski definition) is 1. The number of carbonyl (C=O) groups is 2. The lowest BCUT2D eigenvalue weighted by atomic mass is 9.99. The number of fused-ring (bicyclic) bond motifs is 1. The summed E-state index contributed by atoms with van der Waals surface area (Å²) in [7, 11) is 0. The van der Waals surface area contributed by atoms with Crippen molar-refractivity contribution in [3.05, 3.63) is 29.3 Å². The first-order chi connectivity index (χ1) is 9.10. The van der Waals surface area contributed by atoms with E-state index in [2.05, 4.69) is 5.32 Å². The summed E-state index contributed by atoms with van der Waals surface area (Å²) >= 11 is 0. The van der Waals surface area contributed by atoms with E-state index in [9.17, 15) is 9.59 Å². The highest BCUT2D eigenvalue weighted by Crippen LogP contribution is 2.22. The molecule has 0 atom stereocenters. The van der Waals surface area contributed by atoms with E-state index in [1.165, 1.54) is 5.56 Å². The minimum absolute atomic E-state index is 0.0598. The quantitative estimate of drug-likeness (QED) is 0.871. The van der Waals surface area contributed by atoms with Crippen molar-refractivity contribution < 1.29 is 9.59 Å². The Kier molecular flexibility index (Phi) is 3.81. The van der Waals surface area contributed by atoms with Crippen LogP contribution < -0.4 is 5.32 Å². The normalized spacial score (nSPS) is 13.4. The first kappa shape index (κ1) is 13.1. The van der Waals surface area contributed by atoms with Gasteiger partial charge in [-0.05, 0) is 29.7 Å². The lowest BCUT2D eigenvalue weighted by Gasteiger charge is -2.28. The van der Waals surface area contributed by atoms with Crippen LogP contribution in [0.2, 0.25) is 0 Å². The zero-order chi connectivity index (χ0) is 13.8. The molecular formula is C14H15N3O2. The van der Waals surface area contributed by atoms with Gasteiger partial charge in [-0.3, -0.25) is 9.59 Å². The molecule has 1 heterocycles. The molecule has 1 N–H and O–H groups in total. The highest BCUT2D eigenvalue weighted by molar-refractivity contribution is 5.92. The molecule has 1 aliphatic heterocycles. The smallest absolute Gasteiger partial charge is 0.238 e. The predicted molar refractivity (Wildman–Crippen MR) is 70.1 cm³/mol. The number of rotatable bonds is 2. The van der Waals surface area contributed by atoms with Gasteiger partial charge in [-0.25, -0.2) is 0 Å². The molecule has 0 aromatic heterocycles. The molecule has 19 heavy (non-hydrogen) atoms. The number of nitrogens with zero attached hydrogens (tertiary/aromatic N) is 2. The number of anilines is 1. The summed E-state index contributed by atoms with van der Waals surface area (Å²) in [5, 5.41) is 11.1. The van der Waals surface area contributed by atoms with Crippen molar-refractivity contribution in [2.24, 2.45) is 0 Å². The van der Waals surface area contributed by atoms with Crippen molar-refractivity contribution >= 4 is 17.5 Å². The highest BCUT2D eigenvalue weighted by Gasteiger charge is 2.18. The lowest BCUT2D eigenvalue weighted by Crippen LogP contribution is -2.34. The minimum Gasteiger partial charge on any atom is -0.338 e. The average molecular weight is 257 g/mol. The maximum absolute atomic E-state index is 11.4. The Morgan fingerprint density at radius 1 is 1.42 bits per heavy atom. The molecule has 0 saturated carbocycles. The molecule has 1 aromatic carbocycles. The van der Waals surface area contributed by atoms with Crippen LogP contribution in [0.15, 0.2) is 18.2 Å². The molecule has 5 nitrogen and oxygen atoms in total.